The van der Waals surface area contributed by atoms with Gasteiger partial charge in [-0.15, -0.1) is 0 Å². The van der Waals surface area contributed by atoms with Crippen LogP contribution in [0.15, 0.2) is 48.5 Å². The van der Waals surface area contributed by atoms with Gasteiger partial charge in [0.2, 0.25) is 0 Å². The predicted molar refractivity (Wildman–Crippen MR) is 138 cm³/mol. The molecule has 0 atom stereocenters. The Morgan fingerprint density at radius 2 is 1.76 bits per heavy atom. The van der Waals surface area contributed by atoms with Gasteiger partial charge in [-0.05, 0) is 75.5 Å². The summed E-state index contributed by atoms with van der Waals surface area (Å²) in [5.74, 6) is 0.533. The first-order valence-corrected chi connectivity index (χ1v) is 12.5. The molecule has 0 radical (unpaired) electrons. The van der Waals surface area contributed by atoms with Crippen molar-refractivity contribution in [1.82, 2.24) is 9.88 Å². The minimum absolute atomic E-state index is 0.125. The second kappa shape index (κ2) is 11.3. The minimum atomic E-state index is -0.125. The summed E-state index contributed by atoms with van der Waals surface area (Å²) < 4.78 is 0. The monoisotopic (exact) mass is 444 g/mol. The molecule has 1 fully saturated rings. The fourth-order valence-corrected chi connectivity index (χ4v) is 4.83. The van der Waals surface area contributed by atoms with Gasteiger partial charge in [0.15, 0.2) is 0 Å². The van der Waals surface area contributed by atoms with Crippen molar-refractivity contribution in [3.05, 3.63) is 65.2 Å². The lowest BCUT2D eigenvalue weighted by molar-refractivity contribution is 0.102. The molecule has 2 N–H and O–H groups in total. The molecule has 1 saturated heterocycles. The molecule has 3 aromatic rings. The molecule has 0 spiro atoms. The van der Waals surface area contributed by atoms with Gasteiger partial charge in [0.05, 0.1) is 11.2 Å². The van der Waals surface area contributed by atoms with Crippen molar-refractivity contribution < 1.29 is 4.79 Å². The Kier molecular flexibility index (Phi) is 7.95. The van der Waals surface area contributed by atoms with Crippen LogP contribution in [0.3, 0.4) is 0 Å². The smallest absolute Gasteiger partial charge is 0.256 e. The van der Waals surface area contributed by atoms with Crippen LogP contribution in [-0.2, 0) is 12.8 Å². The van der Waals surface area contributed by atoms with E-state index in [4.69, 9.17) is 4.98 Å². The predicted octanol–water partition coefficient (Wildman–Crippen LogP) is 5.90. The summed E-state index contributed by atoms with van der Waals surface area (Å²) in [5, 5.41) is 8.04. The van der Waals surface area contributed by atoms with E-state index < -0.39 is 0 Å². The molecule has 0 saturated carbocycles. The number of nitrogens with one attached hydrogen (secondary N) is 2. The molecule has 5 nitrogen and oxygen atoms in total. The number of carbonyl (C=O) groups is 1. The summed E-state index contributed by atoms with van der Waals surface area (Å²) in [5.41, 5.74) is 5.05. The first kappa shape index (κ1) is 23.2. The van der Waals surface area contributed by atoms with E-state index in [0.29, 0.717) is 11.4 Å². The number of anilines is 2. The first-order valence-electron chi connectivity index (χ1n) is 12.5. The molecule has 2 aromatic carbocycles. The number of pyridine rings is 1. The number of aryl methyl sites for hydroxylation is 1. The SMILES string of the molecule is CCc1c(NC(=O)c2ccccc2)nc2cccc(CC)c2c1NCCCN1CCCCC1. The second-order valence-electron chi connectivity index (χ2n) is 8.84. The molecule has 5 heteroatoms. The molecular weight excluding hydrogens is 408 g/mol. The molecule has 1 aromatic heterocycles. The van der Waals surface area contributed by atoms with Crippen LogP contribution in [0, 0.1) is 0 Å². The lowest BCUT2D eigenvalue weighted by Gasteiger charge is -2.26. The van der Waals surface area contributed by atoms with Gasteiger partial charge >= 0.3 is 0 Å². The maximum Gasteiger partial charge on any atom is 0.256 e. The molecule has 1 aliphatic rings. The standard InChI is InChI=1S/C28H36N4O/c1-3-21-15-11-16-24-25(21)26(29-17-12-20-32-18-9-6-10-19-32)23(4-2)27(30-24)31-28(33)22-13-7-5-8-14-22/h5,7-8,11,13-16H,3-4,6,9-10,12,17-20H2,1-2H3,(H2,29,30,31,33). The Bertz CT molecular complexity index is 1070. The number of amides is 1. The van der Waals surface area contributed by atoms with Crippen LogP contribution in [0.25, 0.3) is 10.9 Å². The molecule has 0 unspecified atom stereocenters. The van der Waals surface area contributed by atoms with Gasteiger partial charge < -0.3 is 15.5 Å². The average molecular weight is 445 g/mol. The van der Waals surface area contributed by atoms with Crippen molar-refractivity contribution in [2.45, 2.75) is 52.4 Å². The molecule has 174 valence electrons. The fourth-order valence-electron chi connectivity index (χ4n) is 4.83. The van der Waals surface area contributed by atoms with Crippen molar-refractivity contribution in [2.75, 3.05) is 36.8 Å². The van der Waals surface area contributed by atoms with Gasteiger partial charge in [0, 0.05) is 23.1 Å². The van der Waals surface area contributed by atoms with E-state index in [0.717, 1.165) is 49.1 Å². The van der Waals surface area contributed by atoms with Crippen LogP contribution < -0.4 is 10.6 Å². The van der Waals surface area contributed by atoms with Crippen LogP contribution >= 0.6 is 0 Å². The Morgan fingerprint density at radius 3 is 2.48 bits per heavy atom. The van der Waals surface area contributed by atoms with Crippen LogP contribution in [-0.4, -0.2) is 42.0 Å². The number of fused-ring (bicyclic) bond motifs is 1. The van der Waals surface area contributed by atoms with E-state index in [1.54, 1.807) is 0 Å². The lowest BCUT2D eigenvalue weighted by Crippen LogP contribution is -2.31. The Labute approximate surface area is 197 Å². The molecule has 4 rings (SSSR count). The zero-order chi connectivity index (χ0) is 23.0. The highest BCUT2D eigenvalue weighted by Crippen LogP contribution is 2.34. The highest BCUT2D eigenvalue weighted by Gasteiger charge is 2.18. The van der Waals surface area contributed by atoms with E-state index in [1.165, 1.54) is 43.3 Å². The highest BCUT2D eigenvalue weighted by atomic mass is 16.1. The molecule has 1 aliphatic heterocycles. The molecule has 1 amide bonds. The number of rotatable bonds is 9. The number of aromatic nitrogens is 1. The number of nitrogens with zero attached hydrogens (tertiary/aromatic N) is 2. The van der Waals surface area contributed by atoms with Crippen molar-refractivity contribution in [1.29, 1.82) is 0 Å². The molecule has 2 heterocycles. The van der Waals surface area contributed by atoms with Crippen molar-refractivity contribution in [3.63, 3.8) is 0 Å². The minimum Gasteiger partial charge on any atom is -0.384 e. The quantitative estimate of drug-likeness (QED) is 0.404. The molecular formula is C28H36N4O. The van der Waals surface area contributed by atoms with Crippen LogP contribution in [0.2, 0.25) is 0 Å². The molecule has 0 aliphatic carbocycles. The van der Waals surface area contributed by atoms with E-state index in [-0.39, 0.29) is 5.91 Å². The lowest BCUT2D eigenvalue weighted by atomic mass is 9.99. The highest BCUT2D eigenvalue weighted by molar-refractivity contribution is 6.06. The zero-order valence-electron chi connectivity index (χ0n) is 20.0. The average Bonchev–Trinajstić information content (AvgIpc) is 2.87. The van der Waals surface area contributed by atoms with E-state index in [2.05, 4.69) is 41.5 Å². The largest absolute Gasteiger partial charge is 0.384 e. The maximum atomic E-state index is 12.9. The third-order valence-corrected chi connectivity index (χ3v) is 6.60. The Hall–Kier alpha value is -2.92. The van der Waals surface area contributed by atoms with Crippen LogP contribution in [0.1, 0.15) is 61.0 Å². The number of likely N-dealkylation sites (tertiary alicyclic amines) is 1. The summed E-state index contributed by atoms with van der Waals surface area (Å²) in [6.45, 7) is 8.82. The van der Waals surface area contributed by atoms with Crippen LogP contribution in [0.5, 0.6) is 0 Å². The third kappa shape index (κ3) is 5.53. The van der Waals surface area contributed by atoms with Crippen molar-refractivity contribution in [2.24, 2.45) is 0 Å². The van der Waals surface area contributed by atoms with Crippen molar-refractivity contribution >= 4 is 28.3 Å². The zero-order valence-corrected chi connectivity index (χ0v) is 20.0. The number of hydrogen-bond donors (Lipinski definition) is 2. The first-order chi connectivity index (χ1) is 16.2. The van der Waals surface area contributed by atoms with Gasteiger partial charge in [-0.25, -0.2) is 4.98 Å². The summed E-state index contributed by atoms with van der Waals surface area (Å²) >= 11 is 0. The van der Waals surface area contributed by atoms with Gasteiger partial charge in [-0.1, -0.05) is 50.6 Å². The summed E-state index contributed by atoms with van der Waals surface area (Å²) in [4.78, 5) is 20.4. The molecule has 0 bridgehead atoms. The third-order valence-electron chi connectivity index (χ3n) is 6.60. The van der Waals surface area contributed by atoms with Crippen LogP contribution in [0.4, 0.5) is 11.5 Å². The van der Waals surface area contributed by atoms with E-state index >= 15 is 0 Å². The number of piperidine rings is 1. The van der Waals surface area contributed by atoms with E-state index in [9.17, 15) is 4.79 Å². The summed E-state index contributed by atoms with van der Waals surface area (Å²) in [6.07, 6.45) is 6.86. The van der Waals surface area contributed by atoms with E-state index in [1.807, 2.05) is 36.4 Å². The van der Waals surface area contributed by atoms with Gasteiger partial charge in [0.25, 0.3) is 5.91 Å². The Morgan fingerprint density at radius 1 is 0.970 bits per heavy atom. The molecule has 33 heavy (non-hydrogen) atoms. The number of benzene rings is 2. The van der Waals surface area contributed by atoms with Gasteiger partial charge in [0.1, 0.15) is 5.82 Å². The Balaban J connectivity index is 1.62. The van der Waals surface area contributed by atoms with Gasteiger partial charge in [-0.3, -0.25) is 4.79 Å². The topological polar surface area (TPSA) is 57.3 Å². The summed E-state index contributed by atoms with van der Waals surface area (Å²) in [7, 11) is 0. The van der Waals surface area contributed by atoms with Crippen molar-refractivity contribution in [3.8, 4) is 0 Å². The second-order valence-corrected chi connectivity index (χ2v) is 8.84. The normalized spacial score (nSPS) is 14.4. The fraction of sp³-hybridized carbons (Fsp3) is 0.429. The number of carbonyl (C=O) groups excluding carboxylic acids is 1. The van der Waals surface area contributed by atoms with Gasteiger partial charge in [-0.2, -0.15) is 0 Å². The number of hydrogen-bond acceptors (Lipinski definition) is 4. The summed E-state index contributed by atoms with van der Waals surface area (Å²) in [6, 6.07) is 15.6. The maximum absolute atomic E-state index is 12.9.